The standard InChI is InChI=1S/C29H34N4O3/c1-2-36-29(35)25-13-15-31(16-14-25)22-26(21-30)28(34)33-19-17-32(18-20-33)27(23-9-5-3-6-10-23)24-11-7-4-8-12-24/h3-12,22,25,27H,2,13-20H2,1H3/b26-22-. The zero-order chi connectivity index (χ0) is 25.3. The van der Waals surface area contributed by atoms with E-state index in [0.29, 0.717) is 45.6 Å². The van der Waals surface area contributed by atoms with Gasteiger partial charge in [-0.25, -0.2) is 0 Å². The molecule has 0 saturated carbocycles. The third kappa shape index (κ3) is 6.13. The first kappa shape index (κ1) is 25.5. The molecule has 0 radical (unpaired) electrons. The van der Waals surface area contributed by atoms with Gasteiger partial charge in [0.2, 0.25) is 0 Å². The quantitative estimate of drug-likeness (QED) is 0.338. The topological polar surface area (TPSA) is 76.9 Å². The lowest BCUT2D eigenvalue weighted by atomic mass is 9.96. The van der Waals surface area contributed by atoms with Crippen molar-refractivity contribution in [3.8, 4) is 6.07 Å². The number of carbonyl (C=O) groups is 2. The lowest BCUT2D eigenvalue weighted by Crippen LogP contribution is -2.50. The predicted molar refractivity (Wildman–Crippen MR) is 138 cm³/mol. The van der Waals surface area contributed by atoms with Crippen LogP contribution >= 0.6 is 0 Å². The summed E-state index contributed by atoms with van der Waals surface area (Å²) < 4.78 is 5.13. The highest BCUT2D eigenvalue weighted by atomic mass is 16.5. The summed E-state index contributed by atoms with van der Waals surface area (Å²) in [7, 11) is 0. The molecule has 0 aromatic heterocycles. The highest BCUT2D eigenvalue weighted by Gasteiger charge is 2.30. The van der Waals surface area contributed by atoms with Crippen molar-refractivity contribution in [3.05, 3.63) is 83.6 Å². The second kappa shape index (κ2) is 12.4. The summed E-state index contributed by atoms with van der Waals surface area (Å²) >= 11 is 0. The molecule has 7 nitrogen and oxygen atoms in total. The van der Waals surface area contributed by atoms with E-state index in [2.05, 4.69) is 59.5 Å². The Labute approximate surface area is 213 Å². The van der Waals surface area contributed by atoms with Gasteiger partial charge in [-0.05, 0) is 30.9 Å². The summed E-state index contributed by atoms with van der Waals surface area (Å²) in [5.74, 6) is -0.480. The molecule has 188 valence electrons. The predicted octanol–water partition coefficient (Wildman–Crippen LogP) is 3.60. The summed E-state index contributed by atoms with van der Waals surface area (Å²) in [6, 6.07) is 23.1. The molecule has 2 aliphatic heterocycles. The zero-order valence-electron chi connectivity index (χ0n) is 20.9. The third-order valence-electron chi connectivity index (χ3n) is 7.01. The van der Waals surface area contributed by atoms with E-state index < -0.39 is 0 Å². The summed E-state index contributed by atoms with van der Waals surface area (Å²) in [6.45, 7) is 6.04. The number of benzene rings is 2. The van der Waals surface area contributed by atoms with E-state index in [-0.39, 0.29) is 29.4 Å². The van der Waals surface area contributed by atoms with Crippen molar-refractivity contribution < 1.29 is 14.3 Å². The van der Waals surface area contributed by atoms with Crippen molar-refractivity contribution in [2.24, 2.45) is 5.92 Å². The van der Waals surface area contributed by atoms with Crippen LogP contribution in [0, 0.1) is 17.2 Å². The van der Waals surface area contributed by atoms with Crippen molar-refractivity contribution >= 4 is 11.9 Å². The highest BCUT2D eigenvalue weighted by molar-refractivity contribution is 5.97. The molecule has 2 heterocycles. The maximum absolute atomic E-state index is 13.2. The lowest BCUT2D eigenvalue weighted by Gasteiger charge is -2.40. The molecule has 4 rings (SSSR count). The van der Waals surface area contributed by atoms with Gasteiger partial charge in [0, 0.05) is 45.5 Å². The molecule has 0 atom stereocenters. The number of likely N-dealkylation sites (tertiary alicyclic amines) is 1. The number of ether oxygens (including phenoxy) is 1. The number of hydrogen-bond donors (Lipinski definition) is 0. The molecule has 0 aliphatic carbocycles. The van der Waals surface area contributed by atoms with Crippen molar-refractivity contribution in [3.63, 3.8) is 0 Å². The van der Waals surface area contributed by atoms with E-state index in [4.69, 9.17) is 4.74 Å². The minimum absolute atomic E-state index is 0.105. The SMILES string of the molecule is CCOC(=O)C1CCN(/C=C(/C#N)C(=O)N2CCN(C(c3ccccc3)c3ccccc3)CC2)CC1. The number of carbonyl (C=O) groups excluding carboxylic acids is 2. The van der Waals surface area contributed by atoms with Crippen LogP contribution in [0.2, 0.25) is 0 Å². The number of rotatable bonds is 7. The largest absolute Gasteiger partial charge is 0.466 e. The number of piperidine rings is 1. The monoisotopic (exact) mass is 486 g/mol. The van der Waals surface area contributed by atoms with Gasteiger partial charge in [0.15, 0.2) is 0 Å². The van der Waals surface area contributed by atoms with E-state index in [0.717, 1.165) is 13.1 Å². The van der Waals surface area contributed by atoms with Crippen molar-refractivity contribution in [1.82, 2.24) is 14.7 Å². The normalized spacial score (nSPS) is 17.6. The highest BCUT2D eigenvalue weighted by Crippen LogP contribution is 2.29. The number of nitriles is 1. The number of amides is 1. The van der Waals surface area contributed by atoms with Crippen molar-refractivity contribution in [2.75, 3.05) is 45.9 Å². The third-order valence-corrected chi connectivity index (χ3v) is 7.01. The summed E-state index contributed by atoms with van der Waals surface area (Å²) in [6.07, 6.45) is 3.01. The fourth-order valence-electron chi connectivity index (χ4n) is 5.08. The first-order valence-electron chi connectivity index (χ1n) is 12.8. The Balaban J connectivity index is 1.38. The van der Waals surface area contributed by atoms with Gasteiger partial charge in [-0.15, -0.1) is 0 Å². The van der Waals surface area contributed by atoms with Crippen LogP contribution in [0.1, 0.15) is 36.9 Å². The van der Waals surface area contributed by atoms with E-state index >= 15 is 0 Å². The van der Waals surface area contributed by atoms with Crippen LogP contribution in [-0.4, -0.2) is 72.5 Å². The Morgan fingerprint density at radius 3 is 2.00 bits per heavy atom. The lowest BCUT2D eigenvalue weighted by molar-refractivity contribution is -0.149. The van der Waals surface area contributed by atoms with Gasteiger partial charge < -0.3 is 14.5 Å². The number of nitrogens with zero attached hydrogens (tertiary/aromatic N) is 4. The molecule has 2 aromatic carbocycles. The van der Waals surface area contributed by atoms with Crippen LogP contribution in [0.25, 0.3) is 0 Å². The molecular formula is C29H34N4O3. The van der Waals surface area contributed by atoms with Crippen LogP contribution in [-0.2, 0) is 14.3 Å². The Morgan fingerprint density at radius 1 is 0.944 bits per heavy atom. The summed E-state index contributed by atoms with van der Waals surface area (Å²) in [5, 5.41) is 9.73. The Hall–Kier alpha value is -3.63. The molecule has 7 heteroatoms. The minimum Gasteiger partial charge on any atom is -0.466 e. The van der Waals surface area contributed by atoms with Gasteiger partial charge in [0.05, 0.1) is 18.6 Å². The van der Waals surface area contributed by atoms with Crippen LogP contribution in [0.4, 0.5) is 0 Å². The van der Waals surface area contributed by atoms with Crippen LogP contribution in [0.5, 0.6) is 0 Å². The second-order valence-corrected chi connectivity index (χ2v) is 9.27. The smallest absolute Gasteiger partial charge is 0.309 e. The Kier molecular flexibility index (Phi) is 8.75. The van der Waals surface area contributed by atoms with E-state index in [1.165, 1.54) is 11.1 Å². The first-order chi connectivity index (χ1) is 17.6. The maximum atomic E-state index is 13.2. The minimum atomic E-state index is -0.222. The summed E-state index contributed by atoms with van der Waals surface area (Å²) in [5.41, 5.74) is 2.61. The second-order valence-electron chi connectivity index (χ2n) is 9.27. The van der Waals surface area contributed by atoms with E-state index in [9.17, 15) is 14.9 Å². The van der Waals surface area contributed by atoms with Crippen LogP contribution < -0.4 is 0 Å². The van der Waals surface area contributed by atoms with Gasteiger partial charge in [-0.1, -0.05) is 60.7 Å². The number of hydrogen-bond acceptors (Lipinski definition) is 6. The Morgan fingerprint density at radius 2 is 1.50 bits per heavy atom. The molecular weight excluding hydrogens is 452 g/mol. The molecule has 1 amide bonds. The molecule has 2 aromatic rings. The van der Waals surface area contributed by atoms with Crippen molar-refractivity contribution in [2.45, 2.75) is 25.8 Å². The van der Waals surface area contributed by atoms with Gasteiger partial charge in [-0.3, -0.25) is 14.5 Å². The average Bonchev–Trinajstić information content (AvgIpc) is 2.93. The fourth-order valence-corrected chi connectivity index (χ4v) is 5.08. The summed E-state index contributed by atoms with van der Waals surface area (Å²) in [4.78, 5) is 31.3. The van der Waals surface area contributed by atoms with Gasteiger partial charge in [0.1, 0.15) is 11.6 Å². The zero-order valence-corrected chi connectivity index (χ0v) is 20.9. The molecule has 36 heavy (non-hydrogen) atoms. The maximum Gasteiger partial charge on any atom is 0.309 e. The van der Waals surface area contributed by atoms with E-state index in [1.807, 2.05) is 24.0 Å². The van der Waals surface area contributed by atoms with Crippen LogP contribution in [0.3, 0.4) is 0 Å². The molecule has 0 unspecified atom stereocenters. The first-order valence-corrected chi connectivity index (χ1v) is 12.8. The average molecular weight is 487 g/mol. The number of esters is 1. The van der Waals surface area contributed by atoms with E-state index in [1.54, 1.807) is 11.1 Å². The molecule has 2 saturated heterocycles. The molecule has 0 bridgehead atoms. The molecule has 0 spiro atoms. The number of piperazine rings is 1. The fraction of sp³-hybridized carbons (Fsp3) is 0.414. The van der Waals surface area contributed by atoms with Crippen molar-refractivity contribution in [1.29, 1.82) is 5.26 Å². The Bertz CT molecular complexity index is 1040. The van der Waals surface area contributed by atoms with Gasteiger partial charge in [0.25, 0.3) is 5.91 Å². The molecule has 2 aliphatic rings. The molecule has 2 fully saturated rings. The van der Waals surface area contributed by atoms with Gasteiger partial charge >= 0.3 is 5.97 Å². The molecule has 0 N–H and O–H groups in total. The van der Waals surface area contributed by atoms with Crippen LogP contribution in [0.15, 0.2) is 72.4 Å². The van der Waals surface area contributed by atoms with Gasteiger partial charge in [-0.2, -0.15) is 5.26 Å².